The highest BCUT2D eigenvalue weighted by atomic mass is 127. The maximum atomic E-state index is 10.3. The summed E-state index contributed by atoms with van der Waals surface area (Å²) in [5.41, 5.74) is -0.0492. The minimum atomic E-state index is -2.11. The highest BCUT2D eigenvalue weighted by Crippen LogP contribution is 2.21. The van der Waals surface area contributed by atoms with Crippen molar-refractivity contribution in [3.05, 3.63) is 108 Å². The van der Waals surface area contributed by atoms with Crippen LogP contribution in [0.15, 0.2) is 99.2 Å². The first-order chi connectivity index (χ1) is 20.0. The first-order valence-corrected chi connectivity index (χ1v) is 20.5. The Bertz CT molecular complexity index is 1150. The molecule has 2 aromatic rings. The summed E-state index contributed by atoms with van der Waals surface area (Å²) < 4.78 is 13.6. The van der Waals surface area contributed by atoms with Gasteiger partial charge in [0.05, 0.1) is 0 Å². The summed E-state index contributed by atoms with van der Waals surface area (Å²) in [5, 5.41) is 12.9. The van der Waals surface area contributed by atoms with E-state index in [9.17, 15) is 5.11 Å². The lowest BCUT2D eigenvalue weighted by Gasteiger charge is -2.29. The second kappa shape index (κ2) is 19.3. The van der Waals surface area contributed by atoms with Crippen LogP contribution in [-0.2, 0) is 8.85 Å². The van der Waals surface area contributed by atoms with Crippen LogP contribution in [0.1, 0.15) is 46.6 Å². The van der Waals surface area contributed by atoms with Gasteiger partial charge in [0.1, 0.15) is 5.60 Å². The fraction of sp³-hybridized carbons (Fsp3) is 0.389. The minimum Gasteiger partial charge on any atom is -0.412 e. The molecule has 0 spiro atoms. The zero-order valence-electron chi connectivity index (χ0n) is 26.4. The minimum absolute atomic E-state index is 0.405. The summed E-state index contributed by atoms with van der Waals surface area (Å²) in [6.45, 7) is 27.0. The highest BCUT2D eigenvalue weighted by Gasteiger charge is 2.35. The van der Waals surface area contributed by atoms with Crippen LogP contribution in [0.2, 0.25) is 24.2 Å². The predicted molar refractivity (Wildman–Crippen MR) is 197 cm³/mol. The van der Waals surface area contributed by atoms with Gasteiger partial charge in [-0.05, 0) is 115 Å². The van der Waals surface area contributed by atoms with E-state index in [1.54, 1.807) is 6.92 Å². The lowest BCUT2D eigenvalue weighted by Crippen LogP contribution is -2.50. The summed E-state index contributed by atoms with van der Waals surface area (Å²) in [6.07, 6.45) is 8.51. The molecule has 2 aromatic carbocycles. The molecule has 3 nitrogen and oxygen atoms in total. The van der Waals surface area contributed by atoms with Crippen LogP contribution in [0.25, 0.3) is 0 Å². The van der Waals surface area contributed by atoms with Gasteiger partial charge in [-0.15, -0.1) is 26.3 Å². The molecule has 0 fully saturated rings. The van der Waals surface area contributed by atoms with Crippen molar-refractivity contribution in [1.29, 1.82) is 0 Å². The van der Waals surface area contributed by atoms with Gasteiger partial charge < -0.3 is 14.0 Å². The Hall–Kier alpha value is -2.00. The number of allylic oxidation sites excluding steroid dienone is 4. The topological polar surface area (TPSA) is 38.7 Å². The maximum absolute atomic E-state index is 10.3. The van der Waals surface area contributed by atoms with Crippen molar-refractivity contribution in [2.75, 3.05) is 13.2 Å². The van der Waals surface area contributed by atoms with Crippen LogP contribution in [0.4, 0.5) is 0 Å². The third-order valence-electron chi connectivity index (χ3n) is 6.80. The third-order valence-corrected chi connectivity index (χ3v) is 15.8. The van der Waals surface area contributed by atoms with Gasteiger partial charge in [0, 0.05) is 22.3 Å². The molecule has 2 rings (SSSR count). The summed E-state index contributed by atoms with van der Waals surface area (Å²) >= 11 is 2.32. The fourth-order valence-electron chi connectivity index (χ4n) is 5.19. The Labute approximate surface area is 272 Å². The normalized spacial score (nSPS) is 12.7. The van der Waals surface area contributed by atoms with Gasteiger partial charge in [-0.2, -0.15) is 0 Å². The zero-order valence-corrected chi connectivity index (χ0v) is 30.6. The molecule has 0 aliphatic heterocycles. The number of hydrogen-bond acceptors (Lipinski definition) is 3. The standard InChI is InChI=1S/C22H32O2Si.C14H19IOSi/c1-7-16-25(17-8-2,24-9-3)21-12-10-20(11-13-21)14-15-22(6,23)18-19(4)5;1-4-11-17(12-5-2,16-6-3)14-9-7-13(15)8-10-14/h7-8,10-13,19,23H,1-2,9,16-18H2,3-6H3;4-5,7-10H,1-2,6,11-12H2,3H3. The highest BCUT2D eigenvalue weighted by molar-refractivity contribution is 14.1. The molecule has 0 bridgehead atoms. The smallest absolute Gasteiger partial charge is 0.231 e. The van der Waals surface area contributed by atoms with E-state index in [0.717, 1.165) is 36.3 Å². The molecule has 228 valence electrons. The van der Waals surface area contributed by atoms with Crippen LogP contribution in [0, 0.1) is 21.3 Å². The Morgan fingerprint density at radius 2 is 1.17 bits per heavy atom. The first kappa shape index (κ1) is 38.0. The van der Waals surface area contributed by atoms with Crippen LogP contribution in [0.3, 0.4) is 0 Å². The molecule has 1 N–H and O–H groups in total. The molecule has 1 unspecified atom stereocenters. The van der Waals surface area contributed by atoms with Crippen molar-refractivity contribution in [3.8, 4) is 11.8 Å². The largest absolute Gasteiger partial charge is 0.412 e. The number of benzene rings is 2. The molecular formula is C36H51IO3Si2. The van der Waals surface area contributed by atoms with Crippen molar-refractivity contribution >= 4 is 49.6 Å². The molecule has 0 heterocycles. The molecule has 0 aliphatic rings. The SMILES string of the molecule is C=CC[Si](CC=C)(OCC)c1ccc(C#CC(C)(O)CC(C)C)cc1.C=CC[Si](CC=C)(OCC)c1ccc(I)cc1. The van der Waals surface area contributed by atoms with E-state index in [0.29, 0.717) is 18.9 Å². The summed E-state index contributed by atoms with van der Waals surface area (Å²) in [6, 6.07) is 20.5. The first-order valence-electron chi connectivity index (χ1n) is 14.8. The van der Waals surface area contributed by atoms with Gasteiger partial charge >= 0.3 is 0 Å². The average Bonchev–Trinajstić information content (AvgIpc) is 2.93. The Balaban J connectivity index is 0.000000452. The molecule has 0 saturated carbocycles. The van der Waals surface area contributed by atoms with E-state index >= 15 is 0 Å². The molecular weight excluding hydrogens is 663 g/mol. The van der Waals surface area contributed by atoms with Gasteiger partial charge in [0.25, 0.3) is 0 Å². The van der Waals surface area contributed by atoms with Crippen molar-refractivity contribution in [1.82, 2.24) is 0 Å². The van der Waals surface area contributed by atoms with Crippen LogP contribution in [0.5, 0.6) is 0 Å². The lowest BCUT2D eigenvalue weighted by atomic mass is 9.95. The van der Waals surface area contributed by atoms with Crippen molar-refractivity contribution < 1.29 is 14.0 Å². The van der Waals surface area contributed by atoms with Crippen molar-refractivity contribution in [2.24, 2.45) is 5.92 Å². The van der Waals surface area contributed by atoms with Crippen LogP contribution in [-0.4, -0.2) is 40.6 Å². The number of halogens is 1. The van der Waals surface area contributed by atoms with E-state index in [4.69, 9.17) is 8.85 Å². The Morgan fingerprint density at radius 1 is 0.786 bits per heavy atom. The van der Waals surface area contributed by atoms with Gasteiger partial charge in [-0.3, -0.25) is 0 Å². The summed E-state index contributed by atoms with van der Waals surface area (Å²) in [7, 11) is -4.04. The van der Waals surface area contributed by atoms with E-state index in [2.05, 4.69) is 118 Å². The number of aliphatic hydroxyl groups is 1. The van der Waals surface area contributed by atoms with Gasteiger partial charge in [0.15, 0.2) is 0 Å². The predicted octanol–water partition coefficient (Wildman–Crippen LogP) is 8.25. The van der Waals surface area contributed by atoms with Crippen LogP contribution < -0.4 is 10.4 Å². The fourth-order valence-corrected chi connectivity index (χ4v) is 12.1. The number of rotatable bonds is 16. The van der Waals surface area contributed by atoms with E-state index < -0.39 is 22.2 Å². The molecule has 0 amide bonds. The summed E-state index contributed by atoms with van der Waals surface area (Å²) in [5.74, 6) is 6.50. The molecule has 0 radical (unpaired) electrons. The number of hydrogen-bond donors (Lipinski definition) is 1. The molecule has 1 atom stereocenters. The monoisotopic (exact) mass is 714 g/mol. The molecule has 0 saturated heterocycles. The van der Waals surface area contributed by atoms with Crippen molar-refractivity contribution in [2.45, 2.75) is 70.8 Å². The van der Waals surface area contributed by atoms with Gasteiger partial charge in [-0.1, -0.05) is 74.3 Å². The quantitative estimate of drug-likeness (QED) is 0.0825. The lowest BCUT2D eigenvalue weighted by molar-refractivity contribution is 0.0976. The molecule has 0 aliphatic carbocycles. The Kier molecular flexibility index (Phi) is 17.5. The van der Waals surface area contributed by atoms with E-state index in [-0.39, 0.29) is 0 Å². The molecule has 6 heteroatoms. The average molecular weight is 715 g/mol. The summed E-state index contributed by atoms with van der Waals surface area (Å²) in [4.78, 5) is 0. The van der Waals surface area contributed by atoms with E-state index in [1.807, 2.05) is 43.4 Å². The molecule has 42 heavy (non-hydrogen) atoms. The van der Waals surface area contributed by atoms with Crippen molar-refractivity contribution in [3.63, 3.8) is 0 Å². The van der Waals surface area contributed by atoms with E-state index in [1.165, 1.54) is 13.9 Å². The maximum Gasteiger partial charge on any atom is 0.231 e. The molecule has 0 aromatic heterocycles. The zero-order chi connectivity index (χ0) is 31.7. The van der Waals surface area contributed by atoms with Gasteiger partial charge in [0.2, 0.25) is 16.6 Å². The third kappa shape index (κ3) is 12.3. The van der Waals surface area contributed by atoms with Crippen LogP contribution >= 0.6 is 22.6 Å². The second-order valence-corrected chi connectivity index (χ2v) is 19.6. The second-order valence-electron chi connectivity index (χ2n) is 11.0. The van der Waals surface area contributed by atoms with Gasteiger partial charge in [-0.25, -0.2) is 0 Å². The Morgan fingerprint density at radius 3 is 1.50 bits per heavy atom.